The third-order valence-corrected chi connectivity index (χ3v) is 6.29. The van der Waals surface area contributed by atoms with Crippen molar-refractivity contribution in [1.29, 1.82) is 0 Å². The molecule has 0 aliphatic heterocycles. The van der Waals surface area contributed by atoms with Gasteiger partial charge in [-0.3, -0.25) is 9.78 Å². The van der Waals surface area contributed by atoms with Crippen molar-refractivity contribution in [1.82, 2.24) is 14.5 Å². The molecule has 1 fully saturated rings. The van der Waals surface area contributed by atoms with Crippen molar-refractivity contribution in [2.45, 2.75) is 18.8 Å². The van der Waals surface area contributed by atoms with E-state index in [0.29, 0.717) is 26.8 Å². The van der Waals surface area contributed by atoms with Crippen LogP contribution < -0.4 is 11.2 Å². The first kappa shape index (κ1) is 16.5. The van der Waals surface area contributed by atoms with Gasteiger partial charge in [0.1, 0.15) is 4.70 Å². The summed E-state index contributed by atoms with van der Waals surface area (Å²) in [4.78, 5) is 33.7. The number of aromatic amines is 1. The van der Waals surface area contributed by atoms with E-state index < -0.39 is 5.69 Å². The predicted octanol–water partition coefficient (Wildman–Crippen LogP) is 4.33. The molecule has 3 heterocycles. The van der Waals surface area contributed by atoms with E-state index in [0.717, 1.165) is 28.8 Å². The Morgan fingerprint density at radius 1 is 1.19 bits per heavy atom. The van der Waals surface area contributed by atoms with Gasteiger partial charge in [-0.05, 0) is 42.5 Å². The zero-order valence-corrected chi connectivity index (χ0v) is 15.7. The highest BCUT2D eigenvalue weighted by atomic mass is 35.5. The Balaban J connectivity index is 1.76. The van der Waals surface area contributed by atoms with Crippen LogP contribution in [0.15, 0.2) is 58.4 Å². The Kier molecular flexibility index (Phi) is 3.77. The van der Waals surface area contributed by atoms with Gasteiger partial charge in [-0.15, -0.1) is 11.3 Å². The zero-order valence-electron chi connectivity index (χ0n) is 14.1. The van der Waals surface area contributed by atoms with Gasteiger partial charge < -0.3 is 4.98 Å². The molecular formula is C20H14ClN3O2S. The smallest absolute Gasteiger partial charge is 0.306 e. The van der Waals surface area contributed by atoms with Crippen LogP contribution in [-0.4, -0.2) is 14.5 Å². The monoisotopic (exact) mass is 395 g/mol. The van der Waals surface area contributed by atoms with Crippen LogP contribution in [0, 0.1) is 0 Å². The maximum Gasteiger partial charge on any atom is 0.333 e. The summed E-state index contributed by atoms with van der Waals surface area (Å²) in [6.07, 6.45) is 5.44. The standard InChI is InChI=1S/C20H14ClN3O2S/c21-14-4-2-1-3-13(14)17-9-15-18(27-17)19(25)24(20(26)23-15)16-10-22-8-7-12(16)11-5-6-11/h1-4,7-11H,5-6H2,(H,23,26). The Morgan fingerprint density at radius 3 is 2.78 bits per heavy atom. The SMILES string of the molecule is O=c1[nH]c2cc(-c3ccccc3Cl)sc2c(=O)n1-c1cnccc1C1CC1. The van der Waals surface area contributed by atoms with E-state index in [1.165, 1.54) is 15.9 Å². The lowest BCUT2D eigenvalue weighted by Gasteiger charge is -2.09. The van der Waals surface area contributed by atoms with Gasteiger partial charge >= 0.3 is 5.69 Å². The summed E-state index contributed by atoms with van der Waals surface area (Å²) < 4.78 is 1.70. The number of nitrogens with zero attached hydrogens (tertiary/aromatic N) is 2. The molecule has 1 aromatic carbocycles. The van der Waals surface area contributed by atoms with Crippen LogP contribution in [0.25, 0.3) is 26.3 Å². The highest BCUT2D eigenvalue weighted by Crippen LogP contribution is 2.42. The van der Waals surface area contributed by atoms with Crippen molar-refractivity contribution in [3.8, 4) is 16.1 Å². The van der Waals surface area contributed by atoms with Gasteiger partial charge in [0, 0.05) is 21.7 Å². The van der Waals surface area contributed by atoms with Crippen LogP contribution in [0.4, 0.5) is 0 Å². The molecule has 3 aromatic heterocycles. The number of halogens is 1. The second kappa shape index (κ2) is 6.18. The molecule has 0 radical (unpaired) electrons. The van der Waals surface area contributed by atoms with Gasteiger partial charge in [0.2, 0.25) is 0 Å². The molecule has 1 saturated carbocycles. The summed E-state index contributed by atoms with van der Waals surface area (Å²) in [5.41, 5.74) is 2.16. The highest BCUT2D eigenvalue weighted by molar-refractivity contribution is 7.22. The molecule has 1 aliphatic carbocycles. The minimum absolute atomic E-state index is 0.327. The fourth-order valence-corrected chi connectivity index (χ4v) is 4.72. The second-order valence-corrected chi connectivity index (χ2v) is 8.07. The Hall–Kier alpha value is -2.70. The number of benzene rings is 1. The molecule has 7 heteroatoms. The number of rotatable bonds is 3. The number of aromatic nitrogens is 3. The highest BCUT2D eigenvalue weighted by Gasteiger charge is 2.28. The van der Waals surface area contributed by atoms with E-state index >= 15 is 0 Å². The fraction of sp³-hybridized carbons (Fsp3) is 0.150. The summed E-state index contributed by atoms with van der Waals surface area (Å²) in [6.45, 7) is 0. The van der Waals surface area contributed by atoms with E-state index in [2.05, 4.69) is 9.97 Å². The van der Waals surface area contributed by atoms with Crippen LogP contribution in [0.2, 0.25) is 5.02 Å². The maximum absolute atomic E-state index is 13.2. The van der Waals surface area contributed by atoms with Crippen LogP contribution in [0.3, 0.4) is 0 Å². The van der Waals surface area contributed by atoms with E-state index in [-0.39, 0.29) is 5.56 Å². The summed E-state index contributed by atoms with van der Waals surface area (Å²) in [7, 11) is 0. The molecule has 4 aromatic rings. The van der Waals surface area contributed by atoms with Crippen molar-refractivity contribution in [2.24, 2.45) is 0 Å². The zero-order chi connectivity index (χ0) is 18.5. The number of fused-ring (bicyclic) bond motifs is 1. The molecule has 1 N–H and O–H groups in total. The minimum Gasteiger partial charge on any atom is -0.306 e. The third-order valence-electron chi connectivity index (χ3n) is 4.80. The van der Waals surface area contributed by atoms with Crippen LogP contribution in [0.1, 0.15) is 24.3 Å². The summed E-state index contributed by atoms with van der Waals surface area (Å²) in [5.74, 6) is 0.395. The van der Waals surface area contributed by atoms with Crippen molar-refractivity contribution in [3.05, 3.63) is 80.2 Å². The van der Waals surface area contributed by atoms with Gasteiger partial charge in [0.05, 0.1) is 17.4 Å². The molecule has 5 nitrogen and oxygen atoms in total. The summed E-state index contributed by atoms with van der Waals surface area (Å²) >= 11 is 7.62. The number of thiophene rings is 1. The van der Waals surface area contributed by atoms with E-state index in [4.69, 9.17) is 11.6 Å². The van der Waals surface area contributed by atoms with Crippen molar-refractivity contribution in [2.75, 3.05) is 0 Å². The van der Waals surface area contributed by atoms with Crippen LogP contribution in [0.5, 0.6) is 0 Å². The fourth-order valence-electron chi connectivity index (χ4n) is 3.34. The first-order valence-electron chi connectivity index (χ1n) is 8.61. The quantitative estimate of drug-likeness (QED) is 0.561. The lowest BCUT2D eigenvalue weighted by Crippen LogP contribution is -2.33. The van der Waals surface area contributed by atoms with Crippen LogP contribution in [-0.2, 0) is 0 Å². The largest absolute Gasteiger partial charge is 0.333 e. The van der Waals surface area contributed by atoms with Gasteiger partial charge in [0.25, 0.3) is 5.56 Å². The average Bonchev–Trinajstić information content (AvgIpc) is 3.42. The molecule has 0 bridgehead atoms. The molecule has 134 valence electrons. The molecule has 0 unspecified atom stereocenters. The first-order valence-corrected chi connectivity index (χ1v) is 9.81. The van der Waals surface area contributed by atoms with Gasteiger partial charge in [-0.2, -0.15) is 0 Å². The number of pyridine rings is 1. The van der Waals surface area contributed by atoms with Crippen molar-refractivity contribution >= 4 is 33.2 Å². The van der Waals surface area contributed by atoms with Gasteiger partial charge in [0.15, 0.2) is 0 Å². The lowest BCUT2D eigenvalue weighted by molar-refractivity contribution is 0.875. The van der Waals surface area contributed by atoms with Crippen molar-refractivity contribution in [3.63, 3.8) is 0 Å². The molecule has 0 amide bonds. The molecule has 0 atom stereocenters. The van der Waals surface area contributed by atoms with E-state index in [1.54, 1.807) is 24.5 Å². The Labute approximate surface area is 162 Å². The number of hydrogen-bond acceptors (Lipinski definition) is 4. The first-order chi connectivity index (χ1) is 13.1. The van der Waals surface area contributed by atoms with Gasteiger partial charge in [-0.25, -0.2) is 9.36 Å². The average molecular weight is 396 g/mol. The topological polar surface area (TPSA) is 67.8 Å². The molecule has 27 heavy (non-hydrogen) atoms. The molecule has 1 aliphatic rings. The summed E-state index contributed by atoms with van der Waals surface area (Å²) in [6, 6.07) is 11.2. The normalized spacial score (nSPS) is 14.0. The third kappa shape index (κ3) is 2.72. The molecular weight excluding hydrogens is 382 g/mol. The predicted molar refractivity (Wildman–Crippen MR) is 108 cm³/mol. The Bertz CT molecular complexity index is 1300. The van der Waals surface area contributed by atoms with Gasteiger partial charge in [-0.1, -0.05) is 29.8 Å². The maximum atomic E-state index is 13.2. The minimum atomic E-state index is -0.453. The molecule has 0 spiro atoms. The van der Waals surface area contributed by atoms with E-state index in [9.17, 15) is 9.59 Å². The second-order valence-electron chi connectivity index (χ2n) is 6.61. The summed E-state index contributed by atoms with van der Waals surface area (Å²) in [5, 5.41) is 0.606. The number of H-pyrrole nitrogens is 1. The lowest BCUT2D eigenvalue weighted by atomic mass is 10.1. The number of nitrogens with one attached hydrogen (secondary N) is 1. The number of hydrogen-bond donors (Lipinski definition) is 1. The van der Waals surface area contributed by atoms with Crippen LogP contribution >= 0.6 is 22.9 Å². The molecule has 0 saturated heterocycles. The molecule has 5 rings (SSSR count). The Morgan fingerprint density at radius 2 is 2.00 bits per heavy atom. The van der Waals surface area contributed by atoms with Crippen molar-refractivity contribution < 1.29 is 0 Å². The van der Waals surface area contributed by atoms with E-state index in [1.807, 2.05) is 24.3 Å².